The smallest absolute Gasteiger partial charge is 0.251 e. The van der Waals surface area contributed by atoms with Gasteiger partial charge in [-0.3, -0.25) is 14.4 Å². The maximum Gasteiger partial charge on any atom is 0.251 e. The molecule has 3 aliphatic heterocycles. The molecule has 1 aromatic rings. The highest BCUT2D eigenvalue weighted by Gasteiger charge is 2.42. The normalized spacial score (nSPS) is 31.3. The van der Waals surface area contributed by atoms with Crippen molar-refractivity contribution in [2.45, 2.75) is 63.8 Å². The van der Waals surface area contributed by atoms with Gasteiger partial charge in [-0.05, 0) is 38.0 Å². The van der Waals surface area contributed by atoms with Gasteiger partial charge in [-0.1, -0.05) is 6.92 Å². The molecule has 3 saturated heterocycles. The minimum Gasteiger partial charge on any atom is -0.363 e. The van der Waals surface area contributed by atoms with Crippen LogP contribution in [0.5, 0.6) is 0 Å². The van der Waals surface area contributed by atoms with Crippen LogP contribution in [-0.2, 0) is 23.1 Å². The zero-order valence-corrected chi connectivity index (χ0v) is 15.4. The molecule has 3 atom stereocenters. The second kappa shape index (κ2) is 7.08. The number of hydrogen-bond donors (Lipinski definition) is 0. The van der Waals surface area contributed by atoms with Gasteiger partial charge in [-0.2, -0.15) is 5.10 Å². The fourth-order valence-electron chi connectivity index (χ4n) is 4.61. The third-order valence-corrected chi connectivity index (χ3v) is 6.18. The predicted molar refractivity (Wildman–Crippen MR) is 94.9 cm³/mol. The van der Waals surface area contributed by atoms with Gasteiger partial charge in [-0.15, -0.1) is 0 Å². The quantitative estimate of drug-likeness (QED) is 0.837. The van der Waals surface area contributed by atoms with E-state index in [4.69, 9.17) is 4.74 Å². The molecular formula is C19H30N4O2. The van der Waals surface area contributed by atoms with Gasteiger partial charge in [0.15, 0.2) is 0 Å². The van der Waals surface area contributed by atoms with Gasteiger partial charge in [0.1, 0.15) is 6.10 Å². The van der Waals surface area contributed by atoms with Crippen molar-refractivity contribution in [3.63, 3.8) is 0 Å². The van der Waals surface area contributed by atoms with Gasteiger partial charge >= 0.3 is 0 Å². The van der Waals surface area contributed by atoms with Crippen LogP contribution in [0.15, 0.2) is 12.4 Å². The number of ether oxygens (including phenoxy) is 1. The van der Waals surface area contributed by atoms with E-state index in [1.54, 1.807) is 0 Å². The monoisotopic (exact) mass is 346 g/mol. The molecule has 3 aliphatic rings. The van der Waals surface area contributed by atoms with E-state index in [0.29, 0.717) is 6.04 Å². The molecule has 0 N–H and O–H groups in total. The summed E-state index contributed by atoms with van der Waals surface area (Å²) in [5, 5.41) is 4.26. The molecule has 4 rings (SSSR count). The lowest BCUT2D eigenvalue weighted by Gasteiger charge is -2.38. The summed E-state index contributed by atoms with van der Waals surface area (Å²) >= 11 is 0. The molecule has 3 fully saturated rings. The lowest BCUT2D eigenvalue weighted by Crippen LogP contribution is -2.50. The Morgan fingerprint density at radius 2 is 2.00 bits per heavy atom. The Morgan fingerprint density at radius 1 is 1.20 bits per heavy atom. The number of carbonyl (C=O) groups is 1. The molecule has 0 saturated carbocycles. The summed E-state index contributed by atoms with van der Waals surface area (Å²) < 4.78 is 8.13. The van der Waals surface area contributed by atoms with Crippen LogP contribution in [-0.4, -0.2) is 63.4 Å². The van der Waals surface area contributed by atoms with Gasteiger partial charge in [0.05, 0.1) is 12.3 Å². The molecule has 6 heteroatoms. The molecule has 0 radical (unpaired) electrons. The molecule has 4 heterocycles. The molecule has 25 heavy (non-hydrogen) atoms. The first-order valence-electron chi connectivity index (χ1n) is 9.76. The third-order valence-electron chi connectivity index (χ3n) is 6.18. The Morgan fingerprint density at radius 3 is 2.72 bits per heavy atom. The molecule has 0 unspecified atom stereocenters. The minimum absolute atomic E-state index is 0.211. The highest BCUT2D eigenvalue weighted by molar-refractivity contribution is 5.81. The Labute approximate surface area is 150 Å². The van der Waals surface area contributed by atoms with Crippen molar-refractivity contribution >= 4 is 5.91 Å². The lowest BCUT2D eigenvalue weighted by atomic mass is 9.96. The Balaban J connectivity index is 1.33. The van der Waals surface area contributed by atoms with Crippen molar-refractivity contribution < 1.29 is 9.53 Å². The summed E-state index contributed by atoms with van der Waals surface area (Å²) in [5.74, 6) is 0.979. The van der Waals surface area contributed by atoms with Crippen molar-refractivity contribution in [1.29, 1.82) is 0 Å². The fourth-order valence-corrected chi connectivity index (χ4v) is 4.61. The van der Waals surface area contributed by atoms with Crippen LogP contribution in [0.2, 0.25) is 0 Å². The number of carbonyl (C=O) groups excluding carboxylic acids is 1. The van der Waals surface area contributed by atoms with Gasteiger partial charge < -0.3 is 9.64 Å². The minimum atomic E-state index is -0.215. The first-order chi connectivity index (χ1) is 12.1. The summed E-state index contributed by atoms with van der Waals surface area (Å²) in [5.41, 5.74) is 1.25. The summed E-state index contributed by atoms with van der Waals surface area (Å²) in [4.78, 5) is 17.3. The zero-order chi connectivity index (χ0) is 17.4. The standard InChI is InChI=1S/C19H30N4O2/c1-14-5-8-22(9-6-14)19(24)18-4-3-16-17(25-18)7-10-23(16)13-15-11-20-21(2)12-15/h11-12,14,16-18H,3-10,13H2,1-2H3/t16-,17-,18+/m1/s1. The maximum atomic E-state index is 12.8. The number of piperidine rings is 1. The topological polar surface area (TPSA) is 50.6 Å². The Hall–Kier alpha value is -1.40. The van der Waals surface area contributed by atoms with E-state index in [1.165, 1.54) is 5.56 Å². The van der Waals surface area contributed by atoms with Crippen LogP contribution < -0.4 is 0 Å². The summed E-state index contributed by atoms with van der Waals surface area (Å²) in [7, 11) is 1.96. The molecule has 0 spiro atoms. The maximum absolute atomic E-state index is 12.8. The summed E-state index contributed by atoms with van der Waals surface area (Å²) in [6.45, 7) is 6.06. The van der Waals surface area contributed by atoms with Crippen molar-refractivity contribution in [2.75, 3.05) is 19.6 Å². The second-order valence-electron chi connectivity index (χ2n) is 8.10. The van der Waals surface area contributed by atoms with E-state index < -0.39 is 0 Å². The van der Waals surface area contributed by atoms with Gasteiger partial charge in [-0.25, -0.2) is 0 Å². The van der Waals surface area contributed by atoms with Gasteiger partial charge in [0.25, 0.3) is 5.91 Å². The Kier molecular flexibility index (Phi) is 4.82. The van der Waals surface area contributed by atoms with Gasteiger partial charge in [0.2, 0.25) is 0 Å². The van der Waals surface area contributed by atoms with E-state index in [1.807, 2.05) is 22.8 Å². The van der Waals surface area contributed by atoms with Crippen molar-refractivity contribution in [2.24, 2.45) is 13.0 Å². The van der Waals surface area contributed by atoms with E-state index in [9.17, 15) is 4.79 Å². The largest absolute Gasteiger partial charge is 0.363 e. The van der Waals surface area contributed by atoms with E-state index in [2.05, 4.69) is 23.1 Å². The molecule has 1 amide bonds. The molecule has 0 aromatic carbocycles. The SMILES string of the molecule is CC1CCN(C(=O)[C@@H]2CC[C@@H]3[C@@H](CCN3Cc3cnn(C)c3)O2)CC1. The van der Waals surface area contributed by atoms with Crippen LogP contribution in [0.1, 0.15) is 44.6 Å². The molecular weight excluding hydrogens is 316 g/mol. The highest BCUT2D eigenvalue weighted by atomic mass is 16.5. The number of hydrogen-bond acceptors (Lipinski definition) is 4. The zero-order valence-electron chi connectivity index (χ0n) is 15.4. The fraction of sp³-hybridized carbons (Fsp3) is 0.789. The number of nitrogens with zero attached hydrogens (tertiary/aromatic N) is 4. The number of aryl methyl sites for hydroxylation is 1. The summed E-state index contributed by atoms with van der Waals surface area (Å²) in [6, 6.07) is 0.450. The van der Waals surface area contributed by atoms with Crippen LogP contribution in [0.25, 0.3) is 0 Å². The molecule has 0 bridgehead atoms. The first kappa shape index (κ1) is 17.0. The summed E-state index contributed by atoms with van der Waals surface area (Å²) in [6.07, 6.45) is 9.23. The third kappa shape index (κ3) is 3.60. The van der Waals surface area contributed by atoms with Crippen LogP contribution in [0.3, 0.4) is 0 Å². The second-order valence-corrected chi connectivity index (χ2v) is 8.10. The van der Waals surface area contributed by atoms with E-state index in [-0.39, 0.29) is 18.1 Å². The van der Waals surface area contributed by atoms with Crippen LogP contribution in [0, 0.1) is 5.92 Å². The van der Waals surface area contributed by atoms with Crippen molar-refractivity contribution in [3.05, 3.63) is 18.0 Å². The Bertz CT molecular complexity index is 608. The molecule has 6 nitrogen and oxygen atoms in total. The van der Waals surface area contributed by atoms with Crippen molar-refractivity contribution in [3.8, 4) is 0 Å². The number of aromatic nitrogens is 2. The number of fused-ring (bicyclic) bond motifs is 1. The number of likely N-dealkylation sites (tertiary alicyclic amines) is 2. The average Bonchev–Trinajstić information content (AvgIpc) is 3.21. The number of rotatable bonds is 3. The molecule has 138 valence electrons. The van der Waals surface area contributed by atoms with E-state index in [0.717, 1.165) is 64.2 Å². The molecule has 0 aliphatic carbocycles. The van der Waals surface area contributed by atoms with Gasteiger partial charge in [0, 0.05) is 51.0 Å². The predicted octanol–water partition coefficient (Wildman–Crippen LogP) is 1.80. The lowest BCUT2D eigenvalue weighted by molar-refractivity contribution is -0.155. The highest BCUT2D eigenvalue weighted by Crippen LogP contribution is 2.33. The number of amides is 1. The average molecular weight is 346 g/mol. The van der Waals surface area contributed by atoms with E-state index >= 15 is 0 Å². The van der Waals surface area contributed by atoms with Crippen LogP contribution >= 0.6 is 0 Å². The van der Waals surface area contributed by atoms with Crippen LogP contribution in [0.4, 0.5) is 0 Å². The first-order valence-corrected chi connectivity index (χ1v) is 9.76. The van der Waals surface area contributed by atoms with Crippen molar-refractivity contribution in [1.82, 2.24) is 19.6 Å². The molecule has 1 aromatic heterocycles.